The molecule has 0 radical (unpaired) electrons. The van der Waals surface area contributed by atoms with Crippen molar-refractivity contribution in [2.24, 2.45) is 0 Å². The first kappa shape index (κ1) is 34.2. The van der Waals surface area contributed by atoms with Gasteiger partial charge in [-0.15, -0.1) is 10.2 Å². The van der Waals surface area contributed by atoms with Crippen molar-refractivity contribution in [2.75, 3.05) is 10.6 Å². The van der Waals surface area contributed by atoms with E-state index in [2.05, 4.69) is 31.5 Å². The van der Waals surface area contributed by atoms with E-state index in [4.69, 9.17) is 4.42 Å². The predicted molar refractivity (Wildman–Crippen MR) is 180 cm³/mol. The summed E-state index contributed by atoms with van der Waals surface area (Å²) in [5.74, 6) is -1.84. The van der Waals surface area contributed by atoms with Crippen molar-refractivity contribution in [3.63, 3.8) is 0 Å². The van der Waals surface area contributed by atoms with Gasteiger partial charge in [-0.2, -0.15) is 0 Å². The van der Waals surface area contributed by atoms with Crippen molar-refractivity contribution in [2.45, 2.75) is 38.1 Å². The first-order valence-electron chi connectivity index (χ1n) is 15.3. The highest BCUT2D eigenvalue weighted by Gasteiger charge is 2.24. The molecule has 1 heterocycles. The molecule has 6 N–H and O–H groups in total. The minimum atomic E-state index is -1.40. The molecule has 49 heavy (non-hydrogen) atoms. The van der Waals surface area contributed by atoms with Gasteiger partial charge in [0.2, 0.25) is 23.6 Å². The molecule has 250 valence electrons. The Balaban J connectivity index is 1.12. The second kappa shape index (κ2) is 15.6. The number of nitrogens with zero attached hydrogens (tertiary/aromatic N) is 2. The Morgan fingerprint density at radius 3 is 1.22 bits per heavy atom. The standard InChI is InChI=1S/C36H34N6O7/c1-21(37-33(47)29(43)23-9-5-3-6-10-23)31(45)39-27-17-13-25(14-18-27)35-41-42-36(49-35)26-15-19-28(20-16-26)40-32(46)22(2)38-34(48)30(44)24-11-7-4-8-12-24/h3-22,29-30,43-44H,1-2H3,(H,37,47)(H,38,48)(H,39,45)(H,40,46)/t21-,22?,29-,30-/m0/s1. The van der Waals surface area contributed by atoms with Crippen LogP contribution in [0.15, 0.2) is 114 Å². The van der Waals surface area contributed by atoms with Crippen LogP contribution in [0.5, 0.6) is 0 Å². The van der Waals surface area contributed by atoms with Gasteiger partial charge in [0, 0.05) is 22.5 Å². The van der Waals surface area contributed by atoms with E-state index in [0.29, 0.717) is 33.6 Å². The van der Waals surface area contributed by atoms with E-state index in [9.17, 15) is 29.4 Å². The third-order valence-electron chi connectivity index (χ3n) is 7.46. The summed E-state index contributed by atoms with van der Waals surface area (Å²) in [7, 11) is 0. The van der Waals surface area contributed by atoms with Gasteiger partial charge in [-0.3, -0.25) is 19.2 Å². The zero-order chi connectivity index (χ0) is 34.9. The van der Waals surface area contributed by atoms with Gasteiger partial charge in [-0.05, 0) is 73.5 Å². The molecule has 5 rings (SSSR count). The molecule has 4 amide bonds. The highest BCUT2D eigenvalue weighted by atomic mass is 16.4. The smallest absolute Gasteiger partial charge is 0.254 e. The molecule has 1 aromatic heterocycles. The lowest BCUT2D eigenvalue weighted by Gasteiger charge is -2.17. The number of aliphatic hydroxyl groups is 2. The lowest BCUT2D eigenvalue weighted by molar-refractivity contribution is -0.132. The van der Waals surface area contributed by atoms with Gasteiger partial charge in [-0.1, -0.05) is 60.7 Å². The Labute approximate surface area is 281 Å². The maximum Gasteiger partial charge on any atom is 0.254 e. The van der Waals surface area contributed by atoms with Crippen LogP contribution in [0.25, 0.3) is 22.9 Å². The summed E-state index contributed by atoms with van der Waals surface area (Å²) in [6, 6.07) is 28.4. The van der Waals surface area contributed by atoms with Crippen molar-refractivity contribution in [1.82, 2.24) is 20.8 Å². The predicted octanol–water partition coefficient (Wildman–Crippen LogP) is 3.76. The Hall–Kier alpha value is -6.18. The molecule has 13 nitrogen and oxygen atoms in total. The molecule has 5 aromatic rings. The number of aliphatic hydroxyl groups excluding tert-OH is 2. The lowest BCUT2D eigenvalue weighted by Crippen LogP contribution is -2.43. The van der Waals surface area contributed by atoms with E-state index >= 15 is 0 Å². The minimum Gasteiger partial charge on any atom is -0.416 e. The first-order valence-corrected chi connectivity index (χ1v) is 15.3. The molecular weight excluding hydrogens is 628 g/mol. The third-order valence-corrected chi connectivity index (χ3v) is 7.46. The summed E-state index contributed by atoms with van der Waals surface area (Å²) < 4.78 is 5.84. The number of carbonyl (C=O) groups excluding carboxylic acids is 4. The largest absolute Gasteiger partial charge is 0.416 e. The number of nitrogens with one attached hydrogen (secondary N) is 4. The monoisotopic (exact) mass is 662 g/mol. The molecule has 0 saturated carbocycles. The first-order chi connectivity index (χ1) is 23.6. The van der Waals surface area contributed by atoms with Gasteiger partial charge < -0.3 is 35.9 Å². The van der Waals surface area contributed by atoms with Crippen molar-refractivity contribution < 1.29 is 33.8 Å². The Morgan fingerprint density at radius 1 is 0.531 bits per heavy atom. The number of hydrogen-bond acceptors (Lipinski definition) is 9. The average molecular weight is 663 g/mol. The Bertz CT molecular complexity index is 1760. The van der Waals surface area contributed by atoms with Crippen molar-refractivity contribution in [3.05, 3.63) is 120 Å². The average Bonchev–Trinajstić information content (AvgIpc) is 3.62. The molecular formula is C36H34N6O7. The number of hydrogen-bond donors (Lipinski definition) is 6. The fraction of sp³-hybridized carbons (Fsp3) is 0.167. The number of amides is 4. The van der Waals surface area contributed by atoms with Crippen molar-refractivity contribution >= 4 is 35.0 Å². The van der Waals surface area contributed by atoms with Crippen LogP contribution in [0.3, 0.4) is 0 Å². The summed E-state index contributed by atoms with van der Waals surface area (Å²) in [5.41, 5.74) is 2.98. The van der Waals surface area contributed by atoms with E-state index in [1.54, 1.807) is 109 Å². The van der Waals surface area contributed by atoms with Gasteiger partial charge >= 0.3 is 0 Å². The normalized spacial score (nSPS) is 13.3. The third kappa shape index (κ3) is 8.80. The Kier molecular flexibility index (Phi) is 10.9. The molecule has 1 unspecified atom stereocenters. The number of benzene rings is 4. The van der Waals surface area contributed by atoms with E-state index in [1.165, 1.54) is 13.8 Å². The van der Waals surface area contributed by atoms with Crippen LogP contribution >= 0.6 is 0 Å². The van der Waals surface area contributed by atoms with Crippen LogP contribution in [-0.2, 0) is 19.2 Å². The van der Waals surface area contributed by atoms with Crippen LogP contribution < -0.4 is 21.3 Å². The molecule has 0 spiro atoms. The van der Waals surface area contributed by atoms with E-state index in [-0.39, 0.29) is 11.8 Å². The van der Waals surface area contributed by atoms with E-state index in [1.807, 2.05) is 0 Å². The summed E-state index contributed by atoms with van der Waals surface area (Å²) in [6.07, 6.45) is -2.80. The maximum atomic E-state index is 12.7. The highest BCUT2D eigenvalue weighted by Crippen LogP contribution is 2.26. The SMILES string of the molecule is CC(NC(=O)[C@@H](O)c1ccccc1)C(=O)Nc1ccc(-c2nnc(-c3ccc(NC(=O)[C@H](C)NC(=O)[C@@H](O)c4ccccc4)cc3)o2)cc1. The molecule has 0 aliphatic rings. The van der Waals surface area contributed by atoms with Crippen LogP contribution in [0.2, 0.25) is 0 Å². The minimum absolute atomic E-state index is 0.239. The second-order valence-electron chi connectivity index (χ2n) is 11.1. The highest BCUT2D eigenvalue weighted by molar-refractivity contribution is 5.98. The quantitative estimate of drug-likeness (QED) is 0.115. The van der Waals surface area contributed by atoms with E-state index in [0.717, 1.165) is 0 Å². The van der Waals surface area contributed by atoms with Crippen LogP contribution in [0.1, 0.15) is 37.2 Å². The van der Waals surface area contributed by atoms with Gasteiger partial charge in [0.1, 0.15) is 12.1 Å². The number of carbonyl (C=O) groups is 4. The van der Waals surface area contributed by atoms with Crippen LogP contribution in [0.4, 0.5) is 11.4 Å². The van der Waals surface area contributed by atoms with E-state index < -0.39 is 47.9 Å². The van der Waals surface area contributed by atoms with Crippen LogP contribution in [-0.4, -0.2) is 56.1 Å². The lowest BCUT2D eigenvalue weighted by atomic mass is 10.1. The van der Waals surface area contributed by atoms with Crippen molar-refractivity contribution in [1.29, 1.82) is 0 Å². The fourth-order valence-corrected chi connectivity index (χ4v) is 4.64. The molecule has 0 aliphatic carbocycles. The second-order valence-corrected chi connectivity index (χ2v) is 11.1. The molecule has 0 saturated heterocycles. The van der Waals surface area contributed by atoms with Crippen LogP contribution in [0, 0.1) is 0 Å². The number of anilines is 2. The summed E-state index contributed by atoms with van der Waals surface area (Å²) >= 11 is 0. The molecule has 0 aliphatic heterocycles. The van der Waals surface area contributed by atoms with Crippen molar-refractivity contribution in [3.8, 4) is 22.9 Å². The number of aromatic nitrogens is 2. The summed E-state index contributed by atoms with van der Waals surface area (Å²) in [5, 5.41) is 39.2. The maximum absolute atomic E-state index is 12.7. The Morgan fingerprint density at radius 2 is 0.878 bits per heavy atom. The van der Waals surface area contributed by atoms with Gasteiger partial charge in [0.25, 0.3) is 11.8 Å². The molecule has 4 aromatic carbocycles. The zero-order valence-corrected chi connectivity index (χ0v) is 26.5. The van der Waals surface area contributed by atoms with Gasteiger partial charge in [0.05, 0.1) is 0 Å². The summed E-state index contributed by atoms with van der Waals surface area (Å²) in [4.78, 5) is 50.1. The molecule has 0 fully saturated rings. The number of rotatable bonds is 12. The molecule has 0 bridgehead atoms. The van der Waals surface area contributed by atoms with Gasteiger partial charge in [-0.25, -0.2) is 0 Å². The fourth-order valence-electron chi connectivity index (χ4n) is 4.64. The molecule has 13 heteroatoms. The topological polar surface area (TPSA) is 196 Å². The summed E-state index contributed by atoms with van der Waals surface area (Å²) in [6.45, 7) is 3.03. The zero-order valence-electron chi connectivity index (χ0n) is 26.5. The molecule has 4 atom stereocenters. The van der Waals surface area contributed by atoms with Gasteiger partial charge in [0.15, 0.2) is 12.2 Å².